The van der Waals surface area contributed by atoms with Crippen LogP contribution in [0.4, 0.5) is 4.39 Å². The number of aryl methyl sites for hydroxylation is 1. The molecule has 20 heavy (non-hydrogen) atoms. The molecule has 0 unspecified atom stereocenters. The second kappa shape index (κ2) is 8.44. The Labute approximate surface area is 126 Å². The molecule has 0 aliphatic rings. The summed E-state index contributed by atoms with van der Waals surface area (Å²) in [6.45, 7) is 22.3. The zero-order valence-corrected chi connectivity index (χ0v) is 15.5. The maximum absolute atomic E-state index is 14.4. The molecule has 0 bridgehead atoms. The molecule has 0 saturated carbocycles. The van der Waals surface area contributed by atoms with E-state index in [1.807, 2.05) is 46.8 Å². The van der Waals surface area contributed by atoms with Crippen molar-refractivity contribution in [2.45, 2.75) is 87.0 Å². The van der Waals surface area contributed by atoms with E-state index in [1.54, 1.807) is 0 Å². The molecular weight excluding hydrogens is 247 g/mol. The molecule has 0 aliphatic heterocycles. The Kier molecular flexibility index (Phi) is 9.05. The number of halogens is 1. The van der Waals surface area contributed by atoms with Crippen LogP contribution in [0.2, 0.25) is 0 Å². The number of hydrogen-bond donors (Lipinski definition) is 0. The molecule has 1 heteroatoms. The highest BCUT2D eigenvalue weighted by atomic mass is 19.1. The Morgan fingerprint density at radius 3 is 1.15 bits per heavy atom. The molecule has 0 radical (unpaired) electrons. The molecule has 0 spiro atoms. The van der Waals surface area contributed by atoms with Gasteiger partial charge in [0.25, 0.3) is 0 Å². The van der Waals surface area contributed by atoms with E-state index < -0.39 is 0 Å². The first kappa shape index (κ1) is 21.4. The van der Waals surface area contributed by atoms with Gasteiger partial charge >= 0.3 is 0 Å². The second-order valence-corrected chi connectivity index (χ2v) is 6.67. The molecule has 0 atom stereocenters. The number of hydrogen-bond acceptors (Lipinski definition) is 0. The molecule has 0 amide bonds. The van der Waals surface area contributed by atoms with Gasteiger partial charge in [-0.05, 0) is 28.9 Å². The molecule has 0 N–H and O–H groups in total. The van der Waals surface area contributed by atoms with E-state index in [4.69, 9.17) is 0 Å². The molecule has 0 fully saturated rings. The summed E-state index contributed by atoms with van der Waals surface area (Å²) in [5.41, 5.74) is 2.48. The van der Waals surface area contributed by atoms with Crippen molar-refractivity contribution >= 4 is 0 Å². The van der Waals surface area contributed by atoms with Gasteiger partial charge in [-0.25, -0.2) is 4.39 Å². The van der Waals surface area contributed by atoms with E-state index >= 15 is 0 Å². The molecule has 0 aromatic heterocycles. The summed E-state index contributed by atoms with van der Waals surface area (Å²) in [6, 6.07) is 3.93. The lowest BCUT2D eigenvalue weighted by molar-refractivity contribution is 0.480. The molecular formula is C19H35F. The van der Waals surface area contributed by atoms with Crippen molar-refractivity contribution in [2.24, 2.45) is 0 Å². The van der Waals surface area contributed by atoms with Crippen LogP contribution in [0.1, 0.15) is 85.9 Å². The van der Waals surface area contributed by atoms with E-state index in [-0.39, 0.29) is 16.6 Å². The Hall–Kier alpha value is -0.850. The third kappa shape index (κ3) is 6.07. The van der Waals surface area contributed by atoms with Crippen LogP contribution in [0, 0.1) is 12.7 Å². The van der Waals surface area contributed by atoms with Gasteiger partial charge < -0.3 is 0 Å². The lowest BCUT2D eigenvalue weighted by Gasteiger charge is -2.27. The zero-order chi connectivity index (χ0) is 16.7. The van der Waals surface area contributed by atoms with Crippen LogP contribution in [-0.2, 0) is 10.8 Å². The van der Waals surface area contributed by atoms with Crippen molar-refractivity contribution in [3.05, 3.63) is 34.6 Å². The predicted molar refractivity (Wildman–Crippen MR) is 91.2 cm³/mol. The van der Waals surface area contributed by atoms with Gasteiger partial charge in [-0.2, -0.15) is 0 Å². The molecule has 118 valence electrons. The highest BCUT2D eigenvalue weighted by Crippen LogP contribution is 2.33. The van der Waals surface area contributed by atoms with Crippen LogP contribution in [0.5, 0.6) is 0 Å². The number of benzene rings is 1. The first-order valence-corrected chi connectivity index (χ1v) is 7.84. The number of rotatable bonds is 0. The maximum Gasteiger partial charge on any atom is 0.130 e. The van der Waals surface area contributed by atoms with Crippen molar-refractivity contribution in [1.82, 2.24) is 0 Å². The van der Waals surface area contributed by atoms with Gasteiger partial charge in [-0.15, -0.1) is 0 Å². The third-order valence-corrected chi connectivity index (χ3v) is 2.83. The monoisotopic (exact) mass is 282 g/mol. The summed E-state index contributed by atoms with van der Waals surface area (Å²) in [7, 11) is 0. The van der Waals surface area contributed by atoms with Gasteiger partial charge in [0.1, 0.15) is 5.82 Å². The smallest absolute Gasteiger partial charge is 0.130 e. The van der Waals surface area contributed by atoms with Gasteiger partial charge in [0.2, 0.25) is 0 Å². The normalized spacial score (nSPS) is 11.0. The average molecular weight is 282 g/mol. The summed E-state index contributed by atoms with van der Waals surface area (Å²) in [5.74, 6) is -0.0365. The fourth-order valence-corrected chi connectivity index (χ4v) is 1.86. The van der Waals surface area contributed by atoms with E-state index in [2.05, 4.69) is 41.5 Å². The maximum atomic E-state index is 14.4. The molecule has 0 aliphatic carbocycles. The lowest BCUT2D eigenvalue weighted by Crippen LogP contribution is -2.20. The van der Waals surface area contributed by atoms with Gasteiger partial charge in [0.05, 0.1) is 0 Å². The Bertz CT molecular complexity index is 354. The van der Waals surface area contributed by atoms with Gasteiger partial charge in [-0.3, -0.25) is 0 Å². The summed E-state index contributed by atoms with van der Waals surface area (Å²) < 4.78 is 14.4. The van der Waals surface area contributed by atoms with E-state index in [9.17, 15) is 4.39 Å². The van der Waals surface area contributed by atoms with Crippen LogP contribution in [-0.4, -0.2) is 0 Å². The minimum Gasteiger partial charge on any atom is -0.206 e. The molecule has 1 rings (SSSR count). The van der Waals surface area contributed by atoms with E-state index in [1.165, 1.54) is 0 Å². The topological polar surface area (TPSA) is 0 Å². The van der Waals surface area contributed by atoms with E-state index in [0.29, 0.717) is 0 Å². The van der Waals surface area contributed by atoms with Crippen LogP contribution in [0.25, 0.3) is 0 Å². The Balaban J connectivity index is 0. The third-order valence-electron chi connectivity index (χ3n) is 2.83. The van der Waals surface area contributed by atoms with Crippen molar-refractivity contribution in [3.8, 4) is 0 Å². The zero-order valence-electron chi connectivity index (χ0n) is 15.5. The second-order valence-electron chi connectivity index (χ2n) is 6.67. The summed E-state index contributed by atoms with van der Waals surface area (Å²) in [6.07, 6.45) is 0. The molecule has 0 saturated heterocycles. The van der Waals surface area contributed by atoms with Gasteiger partial charge in [-0.1, -0.05) is 86.9 Å². The fraction of sp³-hybridized carbons (Fsp3) is 0.684. The highest BCUT2D eigenvalue weighted by molar-refractivity contribution is 5.38. The standard InChI is InChI=1S/C15H23F.2C2H6/c1-10-8-11(14(2,3)4)13(16)12(9-10)15(5,6)7;2*1-2/h8-9H,1-7H3;2*1-2H3. The van der Waals surface area contributed by atoms with Crippen molar-refractivity contribution in [3.63, 3.8) is 0 Å². The summed E-state index contributed by atoms with van der Waals surface area (Å²) in [4.78, 5) is 0. The van der Waals surface area contributed by atoms with Crippen LogP contribution in [0.15, 0.2) is 12.1 Å². The first-order chi connectivity index (χ1) is 9.03. The molecule has 0 heterocycles. The van der Waals surface area contributed by atoms with Crippen molar-refractivity contribution in [1.29, 1.82) is 0 Å². The van der Waals surface area contributed by atoms with Crippen LogP contribution in [0.3, 0.4) is 0 Å². The summed E-state index contributed by atoms with van der Waals surface area (Å²) >= 11 is 0. The van der Waals surface area contributed by atoms with E-state index in [0.717, 1.165) is 16.7 Å². The summed E-state index contributed by atoms with van der Waals surface area (Å²) in [5, 5.41) is 0. The SMILES string of the molecule is CC.CC.Cc1cc(C(C)(C)C)c(F)c(C(C)(C)C)c1. The van der Waals surface area contributed by atoms with Gasteiger partial charge in [0.15, 0.2) is 0 Å². The van der Waals surface area contributed by atoms with Gasteiger partial charge in [0, 0.05) is 0 Å². The van der Waals surface area contributed by atoms with Crippen LogP contribution >= 0.6 is 0 Å². The minimum absolute atomic E-state index is 0.0365. The fourth-order valence-electron chi connectivity index (χ4n) is 1.86. The highest BCUT2D eigenvalue weighted by Gasteiger charge is 2.26. The largest absolute Gasteiger partial charge is 0.206 e. The minimum atomic E-state index is -0.143. The first-order valence-electron chi connectivity index (χ1n) is 7.84. The quantitative estimate of drug-likeness (QED) is 0.492. The lowest BCUT2D eigenvalue weighted by atomic mass is 9.79. The van der Waals surface area contributed by atoms with Crippen molar-refractivity contribution in [2.75, 3.05) is 0 Å². The van der Waals surface area contributed by atoms with Crippen molar-refractivity contribution < 1.29 is 4.39 Å². The predicted octanol–water partition coefficient (Wildman–Crippen LogP) is 6.78. The molecule has 0 nitrogen and oxygen atoms in total. The molecule has 1 aromatic rings. The Morgan fingerprint density at radius 1 is 0.700 bits per heavy atom. The average Bonchev–Trinajstić information content (AvgIpc) is 2.34. The Morgan fingerprint density at radius 2 is 0.950 bits per heavy atom. The molecule has 1 aromatic carbocycles. The van der Waals surface area contributed by atoms with Crippen LogP contribution < -0.4 is 0 Å².